The molecule has 38 heavy (non-hydrogen) atoms. The summed E-state index contributed by atoms with van der Waals surface area (Å²) < 4.78 is 29.8. The lowest BCUT2D eigenvalue weighted by molar-refractivity contribution is 0.102. The molecule has 13 nitrogen and oxygen atoms in total. The minimum atomic E-state index is -3.16. The van der Waals surface area contributed by atoms with Crippen molar-refractivity contribution in [1.82, 2.24) is 34.3 Å². The summed E-state index contributed by atoms with van der Waals surface area (Å²) in [4.78, 5) is 27.7. The number of hydrogen-bond acceptors (Lipinski definition) is 10. The second-order valence-corrected chi connectivity index (χ2v) is 10.9. The third-order valence-corrected chi connectivity index (χ3v) is 7.80. The first-order valence-corrected chi connectivity index (χ1v) is 13.7. The normalized spacial score (nSPS) is 15.5. The topological polar surface area (TPSA) is 156 Å². The molecular formula is C24H24N10O3S. The van der Waals surface area contributed by atoms with Crippen LogP contribution in [0.1, 0.15) is 10.4 Å². The molecule has 5 heterocycles. The highest BCUT2D eigenvalue weighted by Gasteiger charge is 2.21. The minimum absolute atomic E-state index is 0.0125. The van der Waals surface area contributed by atoms with Gasteiger partial charge in [0, 0.05) is 49.5 Å². The lowest BCUT2D eigenvalue weighted by Gasteiger charge is -2.30. The first-order valence-electron chi connectivity index (χ1n) is 11.9. The average Bonchev–Trinajstić information content (AvgIpc) is 3.56. The number of aryl methyl sites for hydroxylation is 1. The zero-order valence-corrected chi connectivity index (χ0v) is 21.0. The standard InChI is InChI=1S/C24H24N10O3S/c25-38(36,24-27-3-1-4-28-24)12-9-33-16-17-13-20(21(14-19(17)31-33)32-7-10-37-11-8-32)30-23(35)18-15-29-34-6-2-5-26-22(18)34/h1-6,13-16,25H,7-12H2,(H,30,35). The first kappa shape index (κ1) is 23.9. The van der Waals surface area contributed by atoms with Crippen LogP contribution < -0.4 is 10.2 Å². The third-order valence-electron chi connectivity index (χ3n) is 6.24. The largest absolute Gasteiger partial charge is 0.378 e. The Balaban J connectivity index is 1.31. The van der Waals surface area contributed by atoms with Gasteiger partial charge in [-0.15, -0.1) is 0 Å². The average molecular weight is 533 g/mol. The van der Waals surface area contributed by atoms with Gasteiger partial charge in [0.1, 0.15) is 15.3 Å². The SMILES string of the molecule is N=S(=O)(CCn1cc2cc(NC(=O)c3cnn4cccnc34)c(N3CCOCC3)cc2n1)c1ncccn1. The van der Waals surface area contributed by atoms with Crippen molar-refractivity contribution in [3.63, 3.8) is 0 Å². The molecule has 1 amide bonds. The first-order chi connectivity index (χ1) is 18.5. The van der Waals surface area contributed by atoms with E-state index in [1.165, 1.54) is 18.6 Å². The molecule has 1 aliphatic heterocycles. The van der Waals surface area contributed by atoms with E-state index in [1.54, 1.807) is 33.7 Å². The number of fused-ring (bicyclic) bond motifs is 2. The van der Waals surface area contributed by atoms with Crippen LogP contribution in [0, 0.1) is 4.78 Å². The van der Waals surface area contributed by atoms with E-state index in [0.717, 1.165) is 16.6 Å². The maximum atomic E-state index is 13.3. The summed E-state index contributed by atoms with van der Waals surface area (Å²) in [5, 5.41) is 12.7. The lowest BCUT2D eigenvalue weighted by atomic mass is 10.1. The number of anilines is 2. The summed E-state index contributed by atoms with van der Waals surface area (Å²) in [6.45, 7) is 2.75. The van der Waals surface area contributed by atoms with Crippen LogP contribution in [0.3, 0.4) is 0 Å². The van der Waals surface area contributed by atoms with Gasteiger partial charge in [-0.05, 0) is 24.3 Å². The second kappa shape index (κ2) is 9.79. The lowest BCUT2D eigenvalue weighted by Crippen LogP contribution is -2.36. The Bertz CT molecular complexity index is 1730. The third kappa shape index (κ3) is 4.66. The van der Waals surface area contributed by atoms with Crippen LogP contribution >= 0.6 is 0 Å². The van der Waals surface area contributed by atoms with Crippen LogP contribution in [0.25, 0.3) is 16.6 Å². The van der Waals surface area contributed by atoms with E-state index in [-0.39, 0.29) is 23.4 Å². The number of hydrogen-bond donors (Lipinski definition) is 2. The van der Waals surface area contributed by atoms with E-state index in [0.29, 0.717) is 43.2 Å². The fourth-order valence-corrected chi connectivity index (χ4v) is 5.43. The minimum Gasteiger partial charge on any atom is -0.378 e. The van der Waals surface area contributed by atoms with Crippen molar-refractivity contribution in [3.8, 4) is 0 Å². The van der Waals surface area contributed by atoms with Crippen molar-refractivity contribution in [2.75, 3.05) is 42.3 Å². The van der Waals surface area contributed by atoms with Crippen LogP contribution in [0.2, 0.25) is 0 Å². The maximum Gasteiger partial charge on any atom is 0.261 e. The van der Waals surface area contributed by atoms with Gasteiger partial charge in [-0.25, -0.2) is 28.5 Å². The van der Waals surface area contributed by atoms with Gasteiger partial charge in [-0.1, -0.05) is 0 Å². The molecule has 0 bridgehead atoms. The maximum absolute atomic E-state index is 13.3. The molecule has 1 aromatic carbocycles. The molecule has 1 saturated heterocycles. The van der Waals surface area contributed by atoms with Crippen molar-refractivity contribution >= 4 is 43.6 Å². The van der Waals surface area contributed by atoms with Crippen molar-refractivity contribution in [1.29, 1.82) is 4.78 Å². The van der Waals surface area contributed by atoms with Gasteiger partial charge in [0.05, 0.1) is 48.6 Å². The molecule has 0 saturated carbocycles. The summed E-state index contributed by atoms with van der Waals surface area (Å²) in [6.07, 6.45) is 9.61. The summed E-state index contributed by atoms with van der Waals surface area (Å²) >= 11 is 0. The number of carbonyl (C=O) groups excluding carboxylic acids is 1. The van der Waals surface area contributed by atoms with Crippen molar-refractivity contribution in [3.05, 3.63) is 67.0 Å². The molecule has 6 rings (SSSR count). The molecule has 1 fully saturated rings. The predicted molar refractivity (Wildman–Crippen MR) is 140 cm³/mol. The van der Waals surface area contributed by atoms with Crippen LogP contribution in [0.4, 0.5) is 11.4 Å². The molecule has 14 heteroatoms. The molecule has 5 aromatic rings. The number of rotatable bonds is 7. The molecule has 1 atom stereocenters. The van der Waals surface area contributed by atoms with Gasteiger partial charge >= 0.3 is 0 Å². The van der Waals surface area contributed by atoms with E-state index < -0.39 is 9.73 Å². The predicted octanol–water partition coefficient (Wildman–Crippen LogP) is 2.06. The van der Waals surface area contributed by atoms with E-state index in [2.05, 4.69) is 35.4 Å². The molecular weight excluding hydrogens is 508 g/mol. The number of morpholine rings is 1. The van der Waals surface area contributed by atoms with Crippen molar-refractivity contribution in [2.24, 2.45) is 0 Å². The molecule has 0 radical (unpaired) electrons. The molecule has 1 unspecified atom stereocenters. The number of carbonyl (C=O) groups is 1. The van der Waals surface area contributed by atoms with Crippen LogP contribution in [-0.2, 0) is 21.0 Å². The van der Waals surface area contributed by atoms with Crippen LogP contribution in [-0.4, -0.2) is 76.5 Å². The van der Waals surface area contributed by atoms with E-state index in [1.807, 2.05) is 18.3 Å². The Morgan fingerprint density at radius 1 is 1.11 bits per heavy atom. The molecule has 2 N–H and O–H groups in total. The number of amides is 1. The molecule has 4 aromatic heterocycles. The zero-order chi connectivity index (χ0) is 26.1. The highest BCUT2D eigenvalue weighted by Crippen LogP contribution is 2.32. The number of ether oxygens (including phenoxy) is 1. The summed E-state index contributed by atoms with van der Waals surface area (Å²) in [5.74, 6) is -0.302. The Labute approximate surface area is 217 Å². The number of aromatic nitrogens is 7. The van der Waals surface area contributed by atoms with Gasteiger partial charge in [-0.3, -0.25) is 9.48 Å². The summed E-state index contributed by atoms with van der Waals surface area (Å²) in [7, 11) is -3.16. The Hall–Kier alpha value is -4.43. The van der Waals surface area contributed by atoms with Crippen LogP contribution in [0.5, 0.6) is 0 Å². The monoisotopic (exact) mass is 532 g/mol. The number of benzene rings is 1. The Kier molecular flexibility index (Phi) is 6.17. The Morgan fingerprint density at radius 3 is 2.71 bits per heavy atom. The highest BCUT2D eigenvalue weighted by atomic mass is 32.2. The molecule has 0 aliphatic carbocycles. The van der Waals surface area contributed by atoms with Gasteiger partial charge in [0.25, 0.3) is 5.91 Å². The summed E-state index contributed by atoms with van der Waals surface area (Å²) in [5.41, 5.74) is 3.00. The smallest absolute Gasteiger partial charge is 0.261 e. The van der Waals surface area contributed by atoms with E-state index in [4.69, 9.17) is 9.52 Å². The van der Waals surface area contributed by atoms with Gasteiger partial charge < -0.3 is 15.0 Å². The van der Waals surface area contributed by atoms with Gasteiger partial charge in [0.15, 0.2) is 5.65 Å². The van der Waals surface area contributed by atoms with Gasteiger partial charge in [-0.2, -0.15) is 10.2 Å². The molecule has 0 spiro atoms. The Morgan fingerprint density at radius 2 is 1.89 bits per heavy atom. The quantitative estimate of drug-likeness (QED) is 0.300. The second-order valence-electron chi connectivity index (χ2n) is 8.73. The summed E-state index contributed by atoms with van der Waals surface area (Å²) in [6, 6.07) is 7.17. The number of nitrogens with zero attached hydrogens (tertiary/aromatic N) is 8. The fraction of sp³-hybridized carbons (Fsp3) is 0.250. The highest BCUT2D eigenvalue weighted by molar-refractivity contribution is 7.92. The van der Waals surface area contributed by atoms with Crippen LogP contribution in [0.15, 0.2) is 66.6 Å². The van der Waals surface area contributed by atoms with Crippen molar-refractivity contribution < 1.29 is 13.7 Å². The number of nitrogens with one attached hydrogen (secondary N) is 2. The molecule has 194 valence electrons. The fourth-order valence-electron chi connectivity index (χ4n) is 4.34. The van der Waals surface area contributed by atoms with Gasteiger partial charge in [0.2, 0.25) is 5.16 Å². The van der Waals surface area contributed by atoms with Crippen molar-refractivity contribution in [2.45, 2.75) is 11.7 Å². The van der Waals surface area contributed by atoms with E-state index >= 15 is 0 Å². The van der Waals surface area contributed by atoms with E-state index in [9.17, 15) is 9.00 Å². The molecule has 1 aliphatic rings. The zero-order valence-electron chi connectivity index (χ0n) is 20.2.